The van der Waals surface area contributed by atoms with Crippen LogP contribution in [0.15, 0.2) is 12.4 Å². The summed E-state index contributed by atoms with van der Waals surface area (Å²) in [5.74, 6) is 0.850. The number of anilines is 1. The molecule has 0 atom stereocenters. The van der Waals surface area contributed by atoms with Crippen molar-refractivity contribution >= 4 is 5.82 Å². The molecule has 1 aromatic heterocycles. The van der Waals surface area contributed by atoms with Crippen LogP contribution in [0, 0.1) is 0 Å². The number of rotatable bonds is 5. The van der Waals surface area contributed by atoms with Gasteiger partial charge < -0.3 is 10.6 Å². The fourth-order valence-electron chi connectivity index (χ4n) is 1.25. The van der Waals surface area contributed by atoms with E-state index in [0.717, 1.165) is 30.6 Å². The predicted molar refractivity (Wildman–Crippen MR) is 56.1 cm³/mol. The zero-order valence-electron chi connectivity index (χ0n) is 8.45. The van der Waals surface area contributed by atoms with Crippen LogP contribution in [-0.4, -0.2) is 22.6 Å². The third kappa shape index (κ3) is 2.67. The van der Waals surface area contributed by atoms with Crippen molar-refractivity contribution in [2.45, 2.75) is 32.4 Å². The lowest BCUT2D eigenvalue weighted by atomic mass is 10.4. The summed E-state index contributed by atoms with van der Waals surface area (Å²) in [5.41, 5.74) is 1.01. The van der Waals surface area contributed by atoms with Gasteiger partial charge in [0.2, 0.25) is 0 Å². The zero-order chi connectivity index (χ0) is 9.80. The van der Waals surface area contributed by atoms with Gasteiger partial charge in [0.15, 0.2) is 0 Å². The summed E-state index contributed by atoms with van der Waals surface area (Å²) in [6, 6.07) is 0.727. The summed E-state index contributed by atoms with van der Waals surface area (Å²) >= 11 is 0. The normalized spacial score (nSPS) is 15.5. The van der Waals surface area contributed by atoms with E-state index in [9.17, 15) is 0 Å². The minimum Gasteiger partial charge on any atom is -0.369 e. The van der Waals surface area contributed by atoms with Crippen molar-refractivity contribution in [3.8, 4) is 0 Å². The number of nitrogens with one attached hydrogen (secondary N) is 2. The highest BCUT2D eigenvalue weighted by atomic mass is 15.0. The first kappa shape index (κ1) is 9.40. The number of hydrogen-bond acceptors (Lipinski definition) is 4. The Morgan fingerprint density at radius 2 is 2.21 bits per heavy atom. The first-order valence-corrected chi connectivity index (χ1v) is 5.16. The molecule has 1 heterocycles. The summed E-state index contributed by atoms with van der Waals surface area (Å²) in [7, 11) is 0. The maximum absolute atomic E-state index is 4.31. The molecule has 76 valence electrons. The Labute approximate surface area is 84.2 Å². The molecule has 0 radical (unpaired) electrons. The standard InChI is InChI=1S/C10H16N4/c1-2-11-10-7-13-9(6-14-10)5-12-8-3-4-8/h6-8,12H,2-5H2,1H3,(H,11,14). The molecular formula is C10H16N4. The topological polar surface area (TPSA) is 49.8 Å². The van der Waals surface area contributed by atoms with Gasteiger partial charge in [-0.15, -0.1) is 0 Å². The van der Waals surface area contributed by atoms with Crippen molar-refractivity contribution < 1.29 is 0 Å². The highest BCUT2D eigenvalue weighted by Crippen LogP contribution is 2.18. The lowest BCUT2D eigenvalue weighted by Crippen LogP contribution is -2.16. The molecule has 0 spiro atoms. The van der Waals surface area contributed by atoms with E-state index >= 15 is 0 Å². The van der Waals surface area contributed by atoms with Gasteiger partial charge in [-0.1, -0.05) is 0 Å². The van der Waals surface area contributed by atoms with Crippen LogP contribution in [0.25, 0.3) is 0 Å². The molecule has 1 aliphatic carbocycles. The molecule has 1 aromatic rings. The Bertz CT molecular complexity index is 279. The third-order valence-corrected chi connectivity index (χ3v) is 2.21. The summed E-state index contributed by atoms with van der Waals surface area (Å²) in [5, 5.41) is 6.52. The van der Waals surface area contributed by atoms with Crippen LogP contribution >= 0.6 is 0 Å². The van der Waals surface area contributed by atoms with Crippen molar-refractivity contribution in [3.63, 3.8) is 0 Å². The van der Waals surface area contributed by atoms with Gasteiger partial charge in [0.1, 0.15) is 5.82 Å². The molecule has 0 amide bonds. The molecule has 0 aliphatic heterocycles. The highest BCUT2D eigenvalue weighted by molar-refractivity contribution is 5.30. The van der Waals surface area contributed by atoms with Crippen LogP contribution in [0.4, 0.5) is 5.82 Å². The molecular weight excluding hydrogens is 176 g/mol. The number of aromatic nitrogens is 2. The van der Waals surface area contributed by atoms with E-state index in [1.165, 1.54) is 12.8 Å². The molecule has 2 N–H and O–H groups in total. The van der Waals surface area contributed by atoms with Gasteiger partial charge in [-0.25, -0.2) is 4.98 Å². The second kappa shape index (κ2) is 4.37. The summed E-state index contributed by atoms with van der Waals surface area (Å²) in [6.45, 7) is 3.77. The van der Waals surface area contributed by atoms with Crippen LogP contribution in [-0.2, 0) is 6.54 Å². The highest BCUT2D eigenvalue weighted by Gasteiger charge is 2.20. The zero-order valence-corrected chi connectivity index (χ0v) is 8.45. The lowest BCUT2D eigenvalue weighted by molar-refractivity contribution is 0.672. The maximum atomic E-state index is 4.31. The van der Waals surface area contributed by atoms with Crippen molar-refractivity contribution in [2.75, 3.05) is 11.9 Å². The Balaban J connectivity index is 1.84. The maximum Gasteiger partial charge on any atom is 0.144 e. The van der Waals surface area contributed by atoms with Gasteiger partial charge in [-0.3, -0.25) is 4.98 Å². The molecule has 0 saturated heterocycles. The van der Waals surface area contributed by atoms with Crippen molar-refractivity contribution in [1.82, 2.24) is 15.3 Å². The number of nitrogens with zero attached hydrogens (tertiary/aromatic N) is 2. The molecule has 0 unspecified atom stereocenters. The lowest BCUT2D eigenvalue weighted by Gasteiger charge is -2.04. The predicted octanol–water partition coefficient (Wildman–Crippen LogP) is 1.16. The monoisotopic (exact) mass is 192 g/mol. The van der Waals surface area contributed by atoms with Crippen LogP contribution in [0.1, 0.15) is 25.5 Å². The van der Waals surface area contributed by atoms with Gasteiger partial charge >= 0.3 is 0 Å². The first-order chi connectivity index (χ1) is 6.88. The summed E-state index contributed by atoms with van der Waals surface area (Å²) in [4.78, 5) is 8.56. The van der Waals surface area contributed by atoms with Crippen LogP contribution in [0.5, 0.6) is 0 Å². The van der Waals surface area contributed by atoms with E-state index in [0.29, 0.717) is 0 Å². The van der Waals surface area contributed by atoms with Crippen LogP contribution < -0.4 is 10.6 Å². The van der Waals surface area contributed by atoms with E-state index in [4.69, 9.17) is 0 Å². The molecule has 1 aliphatic rings. The smallest absolute Gasteiger partial charge is 0.144 e. The molecule has 4 nitrogen and oxygen atoms in total. The Morgan fingerprint density at radius 1 is 1.36 bits per heavy atom. The Morgan fingerprint density at radius 3 is 2.79 bits per heavy atom. The average molecular weight is 192 g/mol. The first-order valence-electron chi connectivity index (χ1n) is 5.16. The largest absolute Gasteiger partial charge is 0.369 e. The number of hydrogen-bond donors (Lipinski definition) is 2. The Hall–Kier alpha value is -1.16. The molecule has 1 fully saturated rings. The second-order valence-corrected chi connectivity index (χ2v) is 3.58. The fourth-order valence-corrected chi connectivity index (χ4v) is 1.25. The van der Waals surface area contributed by atoms with Crippen molar-refractivity contribution in [1.29, 1.82) is 0 Å². The van der Waals surface area contributed by atoms with Crippen LogP contribution in [0.3, 0.4) is 0 Å². The van der Waals surface area contributed by atoms with E-state index < -0.39 is 0 Å². The fraction of sp³-hybridized carbons (Fsp3) is 0.600. The second-order valence-electron chi connectivity index (χ2n) is 3.58. The van der Waals surface area contributed by atoms with Gasteiger partial charge in [-0.2, -0.15) is 0 Å². The molecule has 0 aromatic carbocycles. The minimum atomic E-state index is 0.727. The quantitative estimate of drug-likeness (QED) is 0.735. The van der Waals surface area contributed by atoms with Gasteiger partial charge in [0.05, 0.1) is 18.1 Å². The van der Waals surface area contributed by atoms with E-state index in [1.54, 1.807) is 6.20 Å². The molecule has 4 heteroatoms. The van der Waals surface area contributed by atoms with Crippen molar-refractivity contribution in [3.05, 3.63) is 18.1 Å². The summed E-state index contributed by atoms with van der Waals surface area (Å²) in [6.07, 6.45) is 6.23. The minimum absolute atomic E-state index is 0.727. The molecule has 1 saturated carbocycles. The summed E-state index contributed by atoms with van der Waals surface area (Å²) < 4.78 is 0. The molecule has 0 bridgehead atoms. The Kier molecular flexibility index (Phi) is 2.93. The van der Waals surface area contributed by atoms with E-state index in [-0.39, 0.29) is 0 Å². The third-order valence-electron chi connectivity index (χ3n) is 2.21. The van der Waals surface area contributed by atoms with Gasteiger partial charge in [0, 0.05) is 19.1 Å². The van der Waals surface area contributed by atoms with E-state index in [2.05, 4.69) is 20.6 Å². The van der Waals surface area contributed by atoms with Crippen molar-refractivity contribution in [2.24, 2.45) is 0 Å². The average Bonchev–Trinajstić information content (AvgIpc) is 3.01. The van der Waals surface area contributed by atoms with E-state index in [1.807, 2.05) is 13.1 Å². The SMILES string of the molecule is CCNc1cnc(CNC2CC2)cn1. The molecule has 14 heavy (non-hydrogen) atoms. The van der Waals surface area contributed by atoms with Gasteiger partial charge in [-0.05, 0) is 19.8 Å². The molecule has 2 rings (SSSR count). The van der Waals surface area contributed by atoms with Gasteiger partial charge in [0.25, 0.3) is 0 Å². The van der Waals surface area contributed by atoms with Crippen LogP contribution in [0.2, 0.25) is 0 Å².